The van der Waals surface area contributed by atoms with Gasteiger partial charge < -0.3 is 14.2 Å². The molecule has 0 aliphatic rings. The molecule has 3 heterocycles. The van der Waals surface area contributed by atoms with Crippen molar-refractivity contribution in [1.82, 2.24) is 0 Å². The maximum Gasteiger partial charge on any atom is 0.137 e. The summed E-state index contributed by atoms with van der Waals surface area (Å²) in [6.45, 7) is 0. The second-order valence-corrected chi connectivity index (χ2v) is 26.3. The van der Waals surface area contributed by atoms with E-state index >= 15 is 0 Å². The van der Waals surface area contributed by atoms with Gasteiger partial charge in [0.1, 0.15) is 11.2 Å². The summed E-state index contributed by atoms with van der Waals surface area (Å²) in [4.78, 5) is 4.75. The number of benzene rings is 17. The van der Waals surface area contributed by atoms with Gasteiger partial charge in [-0.2, -0.15) is 0 Å². The van der Waals surface area contributed by atoms with Crippen LogP contribution >= 0.6 is 22.7 Å². The smallest absolute Gasteiger partial charge is 0.137 e. The van der Waals surface area contributed by atoms with Crippen LogP contribution in [0.25, 0.3) is 149 Å². The Balaban J connectivity index is 0.000000133. The number of fused-ring (bicyclic) bond motifs is 23. The van der Waals surface area contributed by atoms with E-state index in [1.54, 1.807) is 0 Å². The number of rotatable bonds is 7. The van der Waals surface area contributed by atoms with Crippen LogP contribution in [0.4, 0.5) is 34.1 Å². The van der Waals surface area contributed by atoms with E-state index in [2.05, 4.69) is 325 Å². The number of anilines is 6. The Morgan fingerprint density at radius 2 is 0.688 bits per heavy atom. The van der Waals surface area contributed by atoms with Gasteiger partial charge >= 0.3 is 0 Å². The highest BCUT2D eigenvalue weighted by Crippen LogP contribution is 2.49. The molecule has 0 aliphatic heterocycles. The Bertz CT molecular complexity index is 6380. The summed E-state index contributed by atoms with van der Waals surface area (Å²) in [5.74, 6) is 0. The highest BCUT2D eigenvalue weighted by atomic mass is 32.1. The fraction of sp³-hybridized carbons (Fsp3) is 0. The molecule has 0 atom stereocenters. The minimum Gasteiger partial charge on any atom is -0.456 e. The summed E-state index contributed by atoms with van der Waals surface area (Å²) in [5.41, 5.74) is 10.9. The highest BCUT2D eigenvalue weighted by molar-refractivity contribution is 7.27. The Labute approximate surface area is 543 Å². The second-order valence-electron chi connectivity index (χ2n) is 24.2. The van der Waals surface area contributed by atoms with Crippen molar-refractivity contribution in [3.05, 3.63) is 328 Å². The predicted octanol–water partition coefficient (Wildman–Crippen LogP) is 26.7. The highest BCUT2D eigenvalue weighted by Gasteiger charge is 2.22. The Morgan fingerprint density at radius 1 is 0.215 bits per heavy atom. The van der Waals surface area contributed by atoms with Crippen LogP contribution in [0.15, 0.2) is 332 Å². The van der Waals surface area contributed by atoms with E-state index in [1.165, 1.54) is 127 Å². The maximum absolute atomic E-state index is 6.30. The molecule has 20 aromatic rings. The van der Waals surface area contributed by atoms with Crippen molar-refractivity contribution in [1.29, 1.82) is 0 Å². The normalized spacial score (nSPS) is 11.9. The minimum atomic E-state index is 0.889. The standard InChI is InChI=1S/C46H29NS.C42H25NOS/c1-2-10-30(11-3-1)32-18-22-35(23-19-32)47(36-24-20-31-12-4-5-13-33(31)28-36)37-25-27-38-34(29-37)21-26-42-44(38)39-14-6-7-15-40(39)45-41-16-8-9-17-43(41)48-46(42)45;1-2-9-28(10-3-1)43(35-13-8-15-37-42(35)33-11-4-6-14-36(33)44-37)29-20-22-30-27(25-29)18-17-26-19-21-32-31(40(26)30)23-24-39-41(32)34-12-5-7-16-38(34)45-39/h1-29H;1-25H. The number of nitrogens with zero attached hydrogens (tertiary/aromatic N) is 2. The Hall–Kier alpha value is -11.6. The van der Waals surface area contributed by atoms with Gasteiger partial charge in [-0.05, 0) is 178 Å². The first-order valence-electron chi connectivity index (χ1n) is 31.7. The first-order valence-corrected chi connectivity index (χ1v) is 33.3. The topological polar surface area (TPSA) is 19.6 Å². The van der Waals surface area contributed by atoms with Crippen LogP contribution in [0.1, 0.15) is 0 Å². The Morgan fingerprint density at radius 3 is 1.46 bits per heavy atom. The lowest BCUT2D eigenvalue weighted by Gasteiger charge is -2.26. The fourth-order valence-corrected chi connectivity index (χ4v) is 17.2. The average Bonchev–Trinajstić information content (AvgIpc) is 1.71. The molecule has 0 unspecified atom stereocenters. The molecule has 3 aromatic heterocycles. The lowest BCUT2D eigenvalue weighted by atomic mass is 9.93. The van der Waals surface area contributed by atoms with Crippen LogP contribution < -0.4 is 9.80 Å². The summed E-state index contributed by atoms with van der Waals surface area (Å²) in [6, 6.07) is 119. The van der Waals surface area contributed by atoms with Crippen molar-refractivity contribution in [2.75, 3.05) is 9.80 Å². The van der Waals surface area contributed by atoms with Gasteiger partial charge in [0.05, 0.1) is 11.1 Å². The summed E-state index contributed by atoms with van der Waals surface area (Å²) >= 11 is 3.79. The number of hydrogen-bond acceptors (Lipinski definition) is 5. The van der Waals surface area contributed by atoms with Gasteiger partial charge in [0.15, 0.2) is 0 Å². The van der Waals surface area contributed by atoms with E-state index in [0.717, 1.165) is 56.1 Å². The van der Waals surface area contributed by atoms with Gasteiger partial charge in [-0.15, -0.1) is 22.7 Å². The molecule has 0 saturated carbocycles. The van der Waals surface area contributed by atoms with Crippen molar-refractivity contribution >= 4 is 194 Å². The van der Waals surface area contributed by atoms with Crippen LogP contribution in [0, 0.1) is 0 Å². The molecular formula is C88H54N2OS2. The monoisotopic (exact) mass is 1220 g/mol. The molecule has 0 saturated heterocycles. The first kappa shape index (κ1) is 53.3. The molecule has 0 spiro atoms. The largest absolute Gasteiger partial charge is 0.456 e. The summed E-state index contributed by atoms with van der Waals surface area (Å²) in [6.07, 6.45) is 0. The first-order chi connectivity index (χ1) is 46.1. The van der Waals surface area contributed by atoms with E-state index in [-0.39, 0.29) is 0 Å². The third-order valence-corrected chi connectivity index (χ3v) is 21.3. The number of furan rings is 1. The van der Waals surface area contributed by atoms with Crippen LogP contribution in [-0.4, -0.2) is 0 Å². The zero-order chi connectivity index (χ0) is 61.1. The molecule has 3 nitrogen and oxygen atoms in total. The van der Waals surface area contributed by atoms with E-state index in [1.807, 2.05) is 34.8 Å². The van der Waals surface area contributed by atoms with Crippen LogP contribution in [-0.2, 0) is 0 Å². The van der Waals surface area contributed by atoms with Crippen LogP contribution in [0.3, 0.4) is 0 Å². The van der Waals surface area contributed by atoms with E-state index in [4.69, 9.17) is 4.42 Å². The molecule has 0 fully saturated rings. The summed E-state index contributed by atoms with van der Waals surface area (Å²) in [5, 5.41) is 25.6. The van der Waals surface area contributed by atoms with E-state index in [9.17, 15) is 0 Å². The van der Waals surface area contributed by atoms with Crippen LogP contribution in [0.2, 0.25) is 0 Å². The number of hydrogen-bond donors (Lipinski definition) is 0. The minimum absolute atomic E-state index is 0.889. The third-order valence-electron chi connectivity index (χ3n) is 19.0. The predicted molar refractivity (Wildman–Crippen MR) is 403 cm³/mol. The number of thiophene rings is 2. The SMILES string of the molecule is c1ccc(-c2ccc(N(c3ccc4ccccc4c3)c3ccc4c(ccc5c6sc7ccccc7c6c6ccccc6c45)c3)cc2)cc1.c1ccc(N(c2ccc3c(ccc4ccc5c(ccc6sc7ccccc7c65)c43)c2)c2cccc3oc4ccccc4c23)cc1. The summed E-state index contributed by atoms with van der Waals surface area (Å²) in [7, 11) is 0. The fourth-order valence-electron chi connectivity index (χ4n) is 14.8. The average molecular weight is 1220 g/mol. The van der Waals surface area contributed by atoms with Crippen molar-refractivity contribution in [2.24, 2.45) is 0 Å². The molecule has 0 N–H and O–H groups in total. The van der Waals surface area contributed by atoms with Gasteiger partial charge in [0.25, 0.3) is 0 Å². The van der Waals surface area contributed by atoms with E-state index in [0.29, 0.717) is 0 Å². The van der Waals surface area contributed by atoms with Crippen LogP contribution in [0.5, 0.6) is 0 Å². The molecule has 434 valence electrons. The number of para-hydroxylation sites is 2. The van der Waals surface area contributed by atoms with Crippen molar-refractivity contribution in [3.8, 4) is 11.1 Å². The molecule has 17 aromatic carbocycles. The Kier molecular flexibility index (Phi) is 12.3. The molecule has 20 rings (SSSR count). The molecule has 93 heavy (non-hydrogen) atoms. The third kappa shape index (κ3) is 8.70. The molecular weight excluding hydrogens is 1170 g/mol. The van der Waals surface area contributed by atoms with E-state index < -0.39 is 0 Å². The second kappa shape index (κ2) is 21.5. The lowest BCUT2D eigenvalue weighted by molar-refractivity contribution is 0.669. The van der Waals surface area contributed by atoms with Gasteiger partial charge in [-0.3, -0.25) is 0 Å². The van der Waals surface area contributed by atoms with Crippen molar-refractivity contribution in [3.63, 3.8) is 0 Å². The lowest BCUT2D eigenvalue weighted by Crippen LogP contribution is -2.10. The zero-order valence-electron chi connectivity index (χ0n) is 50.3. The van der Waals surface area contributed by atoms with Gasteiger partial charge in [0.2, 0.25) is 0 Å². The molecule has 0 bridgehead atoms. The van der Waals surface area contributed by atoms with Crippen molar-refractivity contribution < 1.29 is 4.42 Å². The van der Waals surface area contributed by atoms with Gasteiger partial charge in [-0.1, -0.05) is 231 Å². The maximum atomic E-state index is 6.30. The molecule has 0 amide bonds. The van der Waals surface area contributed by atoms with Gasteiger partial charge in [0, 0.05) is 79.6 Å². The van der Waals surface area contributed by atoms with Gasteiger partial charge in [-0.25, -0.2) is 0 Å². The quantitative estimate of drug-likeness (QED) is 0.148. The molecule has 0 aliphatic carbocycles. The molecule has 0 radical (unpaired) electrons. The van der Waals surface area contributed by atoms with Crippen molar-refractivity contribution in [2.45, 2.75) is 0 Å². The zero-order valence-corrected chi connectivity index (χ0v) is 51.9. The molecule has 5 heteroatoms. The summed E-state index contributed by atoms with van der Waals surface area (Å²) < 4.78 is 11.7.